The van der Waals surface area contributed by atoms with Gasteiger partial charge >= 0.3 is 0 Å². The first-order valence-corrected chi connectivity index (χ1v) is 17.3. The summed E-state index contributed by atoms with van der Waals surface area (Å²) in [5, 5.41) is 18.4. The largest absolute Gasteiger partial charge is 0.390 e. The highest BCUT2D eigenvalue weighted by Gasteiger charge is 2.50. The van der Waals surface area contributed by atoms with Gasteiger partial charge in [-0.2, -0.15) is 0 Å². The third kappa shape index (κ3) is 8.82. The van der Waals surface area contributed by atoms with Gasteiger partial charge in [0.1, 0.15) is 11.7 Å². The molecule has 5 rings (SSSR count). The van der Waals surface area contributed by atoms with Gasteiger partial charge in [-0.3, -0.25) is 24.1 Å². The highest BCUT2D eigenvalue weighted by molar-refractivity contribution is 5.99. The Morgan fingerprint density at radius 1 is 0.939 bits per heavy atom. The number of likely N-dealkylation sites (tertiary alicyclic amines) is 1. The first-order valence-electron chi connectivity index (χ1n) is 17.3. The van der Waals surface area contributed by atoms with Crippen molar-refractivity contribution >= 4 is 34.5 Å². The lowest BCUT2D eigenvalue weighted by molar-refractivity contribution is -0.138. The maximum absolute atomic E-state index is 13.9. The van der Waals surface area contributed by atoms with Gasteiger partial charge in [0, 0.05) is 18.0 Å². The van der Waals surface area contributed by atoms with Crippen molar-refractivity contribution in [3.63, 3.8) is 0 Å². The zero-order valence-corrected chi connectivity index (χ0v) is 28.7. The number of amides is 4. The van der Waals surface area contributed by atoms with Crippen LogP contribution in [-0.4, -0.2) is 75.4 Å². The highest BCUT2D eigenvalue weighted by atomic mass is 16.3. The molecule has 1 saturated heterocycles. The van der Waals surface area contributed by atoms with Gasteiger partial charge in [-0.25, -0.2) is 4.98 Å². The molecule has 3 aromatic rings. The Balaban J connectivity index is 1.40. The zero-order chi connectivity index (χ0) is 35.3. The molecule has 1 aliphatic carbocycles. The van der Waals surface area contributed by atoms with Crippen molar-refractivity contribution in [2.24, 2.45) is 28.7 Å². The second kappa shape index (κ2) is 15.5. The van der Waals surface area contributed by atoms with Crippen molar-refractivity contribution in [2.45, 2.75) is 96.0 Å². The lowest BCUT2D eigenvalue weighted by atomic mass is 9.62. The molecule has 2 aliphatic rings. The number of aliphatic hydroxyl groups is 1. The Morgan fingerprint density at radius 2 is 1.63 bits per heavy atom. The average Bonchev–Trinajstić information content (AvgIpc) is 3.06. The van der Waals surface area contributed by atoms with Gasteiger partial charge in [-0.1, -0.05) is 94.6 Å². The second-order valence-corrected chi connectivity index (χ2v) is 14.8. The van der Waals surface area contributed by atoms with Crippen LogP contribution in [0.2, 0.25) is 0 Å². The molecule has 4 amide bonds. The van der Waals surface area contributed by atoms with Gasteiger partial charge in [0.25, 0.3) is 5.91 Å². The predicted octanol–water partition coefficient (Wildman–Crippen LogP) is 3.08. The number of hydrogen-bond acceptors (Lipinski definition) is 7. The molecule has 1 saturated carbocycles. The summed E-state index contributed by atoms with van der Waals surface area (Å²) in [6.07, 6.45) is 3.70. The smallest absolute Gasteiger partial charge is 0.270 e. The number of nitrogens with two attached hydrogens (primary N) is 2. The molecule has 0 spiro atoms. The van der Waals surface area contributed by atoms with Gasteiger partial charge < -0.3 is 27.2 Å². The van der Waals surface area contributed by atoms with Crippen molar-refractivity contribution in [1.82, 2.24) is 20.5 Å². The van der Waals surface area contributed by atoms with Gasteiger partial charge in [-0.15, -0.1) is 0 Å². The van der Waals surface area contributed by atoms with Gasteiger partial charge in [0.2, 0.25) is 17.7 Å². The number of benzene rings is 2. The molecule has 0 bridgehead atoms. The minimum atomic E-state index is -1.32. The quantitative estimate of drug-likeness (QED) is 0.196. The van der Waals surface area contributed by atoms with Crippen LogP contribution in [0.1, 0.15) is 75.3 Å². The summed E-state index contributed by atoms with van der Waals surface area (Å²) in [7, 11) is 0. The van der Waals surface area contributed by atoms with E-state index in [0.29, 0.717) is 23.8 Å². The number of aromatic nitrogens is 1. The number of hydrogen-bond donors (Lipinski definition) is 5. The molecule has 1 aliphatic heterocycles. The molecule has 49 heavy (non-hydrogen) atoms. The van der Waals surface area contributed by atoms with Crippen molar-refractivity contribution in [2.75, 3.05) is 6.54 Å². The minimum absolute atomic E-state index is 0.0110. The number of nitrogens with zero attached hydrogens (tertiary/aromatic N) is 2. The molecule has 11 nitrogen and oxygen atoms in total. The Bertz CT molecular complexity index is 1640. The van der Waals surface area contributed by atoms with E-state index in [1.807, 2.05) is 48.5 Å². The van der Waals surface area contributed by atoms with Crippen molar-refractivity contribution in [3.05, 3.63) is 78.0 Å². The van der Waals surface area contributed by atoms with E-state index in [9.17, 15) is 24.3 Å². The number of β-amino-alcohol motifs (C(OH)–C–C–N with tert-alkyl or cyclic N) is 1. The molecule has 2 heterocycles. The number of nitrogens with one attached hydrogen (secondary N) is 2. The van der Waals surface area contributed by atoms with E-state index in [1.165, 1.54) is 0 Å². The topological polar surface area (TPSA) is 181 Å². The summed E-state index contributed by atoms with van der Waals surface area (Å²) < 4.78 is 0. The normalized spacial score (nSPS) is 23.1. The molecule has 1 unspecified atom stereocenters. The molecule has 0 radical (unpaired) electrons. The molecule has 2 aromatic carbocycles. The summed E-state index contributed by atoms with van der Waals surface area (Å²) in [5.41, 5.74) is 12.9. The maximum Gasteiger partial charge on any atom is 0.270 e. The van der Waals surface area contributed by atoms with E-state index < -0.39 is 54.3 Å². The number of primary amides is 2. The summed E-state index contributed by atoms with van der Waals surface area (Å²) in [5.74, 6) is -1.75. The van der Waals surface area contributed by atoms with Crippen molar-refractivity contribution in [1.29, 1.82) is 0 Å². The summed E-state index contributed by atoms with van der Waals surface area (Å²) >= 11 is 0. The number of piperidine rings is 1. The number of fused-ring (bicyclic) bond motifs is 2. The van der Waals surface area contributed by atoms with E-state index in [4.69, 9.17) is 11.5 Å². The molecular weight excluding hydrogens is 620 g/mol. The summed E-state index contributed by atoms with van der Waals surface area (Å²) in [6, 6.07) is 17.4. The second-order valence-electron chi connectivity index (χ2n) is 14.8. The lowest BCUT2D eigenvalue weighted by Crippen LogP contribution is -2.65. The highest BCUT2D eigenvalue weighted by Crippen LogP contribution is 2.47. The van der Waals surface area contributed by atoms with Crippen LogP contribution < -0.4 is 22.1 Å². The van der Waals surface area contributed by atoms with Crippen LogP contribution in [0.4, 0.5) is 0 Å². The molecule has 262 valence electrons. The first-order chi connectivity index (χ1) is 23.3. The van der Waals surface area contributed by atoms with Crippen molar-refractivity contribution in [3.8, 4) is 0 Å². The lowest BCUT2D eigenvalue weighted by Gasteiger charge is -2.56. The monoisotopic (exact) mass is 670 g/mol. The number of pyridine rings is 1. The fraction of sp³-hybridized carbons (Fsp3) is 0.500. The van der Waals surface area contributed by atoms with Crippen LogP contribution in [0.3, 0.4) is 0 Å². The van der Waals surface area contributed by atoms with Crippen LogP contribution >= 0.6 is 0 Å². The first kappa shape index (κ1) is 35.9. The van der Waals surface area contributed by atoms with E-state index >= 15 is 0 Å². The Labute approximate surface area is 288 Å². The predicted molar refractivity (Wildman–Crippen MR) is 188 cm³/mol. The molecule has 7 atom stereocenters. The molecule has 11 heteroatoms. The Morgan fingerprint density at radius 3 is 2.33 bits per heavy atom. The van der Waals surface area contributed by atoms with E-state index in [0.717, 1.165) is 36.6 Å². The Hall–Kier alpha value is -4.35. The standard InChI is InChI=1S/C38H50N6O5/c1-38(2,3)34-26-15-9-7-14-25(26)20-31(35(40)47)44(34)22-32(45)29(19-23-11-5-4-6-12-23)42-37(49)30(21-33(39)46)43-36(48)28-18-17-24-13-8-10-16-27(24)41-28/h4-6,8,10-13,16-18,25-26,29-32,34,45H,7,9,14-15,19-22H2,1-3H3,(H2,39,46)(H2,40,47)(H,42,49)(H,43,48)/t25-,26-,29-,30-,31-,32+,34?/m0/s1. The SMILES string of the molecule is CC(C)(C)C1[C@H]2CCCC[C@H]2C[C@@H](C(N)=O)N1C[C@@H](O)[C@H](Cc1ccccc1)NC(=O)[C@H](CC(N)=O)NC(=O)c1ccc2ccccc2n1. The molecule has 1 aromatic heterocycles. The van der Waals surface area contributed by atoms with E-state index in [2.05, 4.69) is 41.3 Å². The fourth-order valence-corrected chi connectivity index (χ4v) is 8.08. The summed E-state index contributed by atoms with van der Waals surface area (Å²) in [6.45, 7) is 6.59. The molecule has 7 N–H and O–H groups in total. The molecular formula is C38H50N6O5. The third-order valence-corrected chi connectivity index (χ3v) is 10.2. The van der Waals surface area contributed by atoms with Crippen LogP contribution in [0.15, 0.2) is 66.7 Å². The molecule has 2 fully saturated rings. The van der Waals surface area contributed by atoms with E-state index in [-0.39, 0.29) is 30.1 Å². The fourth-order valence-electron chi connectivity index (χ4n) is 8.08. The Kier molecular flexibility index (Phi) is 11.3. The van der Waals surface area contributed by atoms with Crippen molar-refractivity contribution < 1.29 is 24.3 Å². The number of carbonyl (C=O) groups excluding carboxylic acids is 4. The van der Waals surface area contributed by atoms with Crippen LogP contribution in [-0.2, 0) is 20.8 Å². The van der Waals surface area contributed by atoms with Crippen LogP contribution in [0.5, 0.6) is 0 Å². The van der Waals surface area contributed by atoms with Gasteiger partial charge in [0.15, 0.2) is 0 Å². The zero-order valence-electron chi connectivity index (χ0n) is 28.7. The van der Waals surface area contributed by atoms with E-state index in [1.54, 1.807) is 18.2 Å². The third-order valence-electron chi connectivity index (χ3n) is 10.2. The van der Waals surface area contributed by atoms with Crippen LogP contribution in [0.25, 0.3) is 10.9 Å². The summed E-state index contributed by atoms with van der Waals surface area (Å²) in [4.78, 5) is 58.7. The number of carbonyl (C=O) groups is 4. The van der Waals surface area contributed by atoms with Crippen LogP contribution in [0, 0.1) is 17.3 Å². The number of rotatable bonds is 12. The van der Waals surface area contributed by atoms with Gasteiger partial charge in [0.05, 0.1) is 30.1 Å². The average molecular weight is 671 g/mol. The number of aliphatic hydroxyl groups excluding tert-OH is 1. The van der Waals surface area contributed by atoms with Gasteiger partial charge in [-0.05, 0) is 54.2 Å². The minimum Gasteiger partial charge on any atom is -0.390 e. The number of para-hydroxylation sites is 1. The maximum atomic E-state index is 13.9.